The third-order valence-electron chi connectivity index (χ3n) is 3.03. The highest BCUT2D eigenvalue weighted by molar-refractivity contribution is 5.24. The molecule has 4 heteroatoms. The molecule has 2 rings (SSSR count). The molecule has 1 aromatic carbocycles. The Balaban J connectivity index is 1.95. The topological polar surface area (TPSA) is 34.4 Å². The van der Waals surface area contributed by atoms with Crippen molar-refractivity contribution < 1.29 is 13.5 Å². The van der Waals surface area contributed by atoms with Crippen LogP contribution in [0.5, 0.6) is 5.75 Å². The van der Waals surface area contributed by atoms with Crippen molar-refractivity contribution in [3.05, 3.63) is 53.2 Å². The van der Waals surface area contributed by atoms with Gasteiger partial charge in [-0.3, -0.25) is 0 Å². The van der Waals surface area contributed by atoms with Gasteiger partial charge in [-0.25, -0.2) is 4.39 Å². The van der Waals surface area contributed by atoms with Gasteiger partial charge in [-0.2, -0.15) is 0 Å². The monoisotopic (exact) mass is 291 g/mol. The third kappa shape index (κ3) is 4.90. The Morgan fingerprint density at radius 1 is 1.24 bits per heavy atom. The molecule has 3 nitrogen and oxygen atoms in total. The van der Waals surface area contributed by atoms with Crippen molar-refractivity contribution in [3.63, 3.8) is 0 Å². The van der Waals surface area contributed by atoms with E-state index in [0.717, 1.165) is 17.1 Å². The van der Waals surface area contributed by atoms with E-state index in [4.69, 9.17) is 9.15 Å². The summed E-state index contributed by atoms with van der Waals surface area (Å²) in [5.41, 5.74) is 1.13. The molecule has 21 heavy (non-hydrogen) atoms. The second-order valence-corrected chi connectivity index (χ2v) is 6.17. The van der Waals surface area contributed by atoms with Crippen LogP contribution in [0.2, 0.25) is 0 Å². The lowest BCUT2D eigenvalue weighted by atomic mass is 10.1. The SMILES string of the molecule is Cc1cc(COc2cccc(F)c2)oc1CNC(C)(C)C. The fraction of sp³-hybridized carbons (Fsp3) is 0.412. The molecule has 0 amide bonds. The van der Waals surface area contributed by atoms with Gasteiger partial charge in [-0.05, 0) is 51.5 Å². The number of halogens is 1. The molecular formula is C17H22FNO2. The van der Waals surface area contributed by atoms with Crippen LogP contribution >= 0.6 is 0 Å². The fourth-order valence-electron chi connectivity index (χ4n) is 1.89. The summed E-state index contributed by atoms with van der Waals surface area (Å²) >= 11 is 0. The van der Waals surface area contributed by atoms with E-state index in [-0.39, 0.29) is 11.4 Å². The van der Waals surface area contributed by atoms with Gasteiger partial charge in [0.25, 0.3) is 0 Å². The fourth-order valence-corrected chi connectivity index (χ4v) is 1.89. The number of rotatable bonds is 5. The lowest BCUT2D eigenvalue weighted by Crippen LogP contribution is -2.35. The van der Waals surface area contributed by atoms with Crippen molar-refractivity contribution in [1.82, 2.24) is 5.32 Å². The zero-order valence-electron chi connectivity index (χ0n) is 13.0. The first-order chi connectivity index (χ1) is 9.83. The maximum atomic E-state index is 13.1. The van der Waals surface area contributed by atoms with Crippen LogP contribution in [0.25, 0.3) is 0 Å². The first kappa shape index (κ1) is 15.6. The van der Waals surface area contributed by atoms with Gasteiger partial charge in [0.2, 0.25) is 0 Å². The summed E-state index contributed by atoms with van der Waals surface area (Å²) in [7, 11) is 0. The lowest BCUT2D eigenvalue weighted by molar-refractivity contribution is 0.262. The minimum absolute atomic E-state index is 0.0391. The number of aryl methyl sites for hydroxylation is 1. The molecule has 1 heterocycles. The summed E-state index contributed by atoms with van der Waals surface area (Å²) < 4.78 is 24.4. The van der Waals surface area contributed by atoms with Crippen LogP contribution in [0.15, 0.2) is 34.7 Å². The molecular weight excluding hydrogens is 269 g/mol. The molecule has 114 valence electrons. The van der Waals surface area contributed by atoms with Crippen molar-refractivity contribution in [1.29, 1.82) is 0 Å². The van der Waals surface area contributed by atoms with E-state index in [0.29, 0.717) is 18.9 Å². The molecule has 1 aromatic heterocycles. The highest BCUT2D eigenvalue weighted by Gasteiger charge is 2.13. The summed E-state index contributed by atoms with van der Waals surface area (Å²) in [4.78, 5) is 0. The summed E-state index contributed by atoms with van der Waals surface area (Å²) in [6.07, 6.45) is 0. The van der Waals surface area contributed by atoms with Crippen molar-refractivity contribution in [2.24, 2.45) is 0 Å². The van der Waals surface area contributed by atoms with Gasteiger partial charge in [0, 0.05) is 11.6 Å². The molecule has 0 aliphatic heterocycles. The number of hydrogen-bond acceptors (Lipinski definition) is 3. The predicted molar refractivity (Wildman–Crippen MR) is 80.8 cm³/mol. The molecule has 2 aromatic rings. The molecule has 0 bridgehead atoms. The van der Waals surface area contributed by atoms with Crippen LogP contribution in [-0.2, 0) is 13.2 Å². The van der Waals surface area contributed by atoms with Crippen molar-refractivity contribution in [3.8, 4) is 5.75 Å². The van der Waals surface area contributed by atoms with Crippen LogP contribution in [0.4, 0.5) is 4.39 Å². The Hall–Kier alpha value is -1.81. The van der Waals surface area contributed by atoms with E-state index >= 15 is 0 Å². The standard InChI is InChI=1S/C17H22FNO2/c1-12-8-15(21-16(12)10-19-17(2,3)4)11-20-14-7-5-6-13(18)9-14/h5-9,19H,10-11H2,1-4H3. The Morgan fingerprint density at radius 3 is 2.67 bits per heavy atom. The normalized spacial score (nSPS) is 11.7. The highest BCUT2D eigenvalue weighted by Crippen LogP contribution is 2.19. The Kier molecular flexibility index (Phi) is 4.68. The highest BCUT2D eigenvalue weighted by atomic mass is 19.1. The molecule has 0 atom stereocenters. The molecule has 0 saturated carbocycles. The van der Waals surface area contributed by atoms with E-state index in [9.17, 15) is 4.39 Å². The predicted octanol–water partition coefficient (Wildman–Crippen LogP) is 4.19. The zero-order chi connectivity index (χ0) is 15.5. The molecule has 0 unspecified atom stereocenters. The second-order valence-electron chi connectivity index (χ2n) is 6.17. The van der Waals surface area contributed by atoms with Gasteiger partial charge >= 0.3 is 0 Å². The Bertz CT molecular complexity index is 599. The summed E-state index contributed by atoms with van der Waals surface area (Å²) in [6, 6.07) is 8.05. The quantitative estimate of drug-likeness (QED) is 0.896. The Labute approximate surface area is 125 Å². The minimum atomic E-state index is -0.307. The van der Waals surface area contributed by atoms with Crippen molar-refractivity contribution >= 4 is 0 Å². The summed E-state index contributed by atoms with van der Waals surface area (Å²) in [6.45, 7) is 9.31. The van der Waals surface area contributed by atoms with Crippen LogP contribution in [0.3, 0.4) is 0 Å². The lowest BCUT2D eigenvalue weighted by Gasteiger charge is -2.19. The maximum absolute atomic E-state index is 13.1. The molecule has 0 aliphatic carbocycles. The minimum Gasteiger partial charge on any atom is -0.486 e. The number of furan rings is 1. The van der Waals surface area contributed by atoms with Crippen molar-refractivity contribution in [2.75, 3.05) is 0 Å². The van der Waals surface area contributed by atoms with E-state index < -0.39 is 0 Å². The second kappa shape index (κ2) is 6.31. The van der Waals surface area contributed by atoms with E-state index in [2.05, 4.69) is 26.1 Å². The van der Waals surface area contributed by atoms with Crippen LogP contribution in [0.1, 0.15) is 37.9 Å². The number of hydrogen-bond donors (Lipinski definition) is 1. The molecule has 0 spiro atoms. The summed E-state index contributed by atoms with van der Waals surface area (Å²) in [5, 5.41) is 3.39. The van der Waals surface area contributed by atoms with Gasteiger partial charge in [0.05, 0.1) is 6.54 Å². The molecule has 0 aliphatic rings. The van der Waals surface area contributed by atoms with Crippen molar-refractivity contribution in [2.45, 2.75) is 46.4 Å². The van der Waals surface area contributed by atoms with E-state index in [1.54, 1.807) is 12.1 Å². The molecule has 0 fully saturated rings. The zero-order valence-corrected chi connectivity index (χ0v) is 13.0. The summed E-state index contributed by atoms with van der Waals surface area (Å²) in [5.74, 6) is 1.84. The smallest absolute Gasteiger partial charge is 0.146 e. The maximum Gasteiger partial charge on any atom is 0.146 e. The van der Waals surface area contributed by atoms with E-state index in [1.807, 2.05) is 13.0 Å². The first-order valence-electron chi connectivity index (χ1n) is 7.05. The average molecular weight is 291 g/mol. The average Bonchev–Trinajstić information content (AvgIpc) is 2.74. The van der Waals surface area contributed by atoms with Crippen LogP contribution < -0.4 is 10.1 Å². The van der Waals surface area contributed by atoms with Gasteiger partial charge < -0.3 is 14.5 Å². The molecule has 0 radical (unpaired) electrons. The largest absolute Gasteiger partial charge is 0.486 e. The van der Waals surface area contributed by atoms with Crippen LogP contribution in [0, 0.1) is 12.7 Å². The van der Waals surface area contributed by atoms with Gasteiger partial charge in [-0.15, -0.1) is 0 Å². The number of benzene rings is 1. The first-order valence-corrected chi connectivity index (χ1v) is 7.05. The van der Waals surface area contributed by atoms with E-state index in [1.165, 1.54) is 12.1 Å². The van der Waals surface area contributed by atoms with Gasteiger partial charge in [0.1, 0.15) is 29.7 Å². The van der Waals surface area contributed by atoms with Gasteiger partial charge in [-0.1, -0.05) is 6.07 Å². The number of ether oxygens (including phenoxy) is 1. The molecule has 0 saturated heterocycles. The number of nitrogens with one attached hydrogen (secondary N) is 1. The third-order valence-corrected chi connectivity index (χ3v) is 3.03. The Morgan fingerprint density at radius 2 is 2.00 bits per heavy atom. The van der Waals surface area contributed by atoms with Crippen LogP contribution in [-0.4, -0.2) is 5.54 Å². The van der Waals surface area contributed by atoms with Gasteiger partial charge in [0.15, 0.2) is 0 Å². The molecule has 1 N–H and O–H groups in total.